The van der Waals surface area contributed by atoms with E-state index in [0.717, 1.165) is 14.8 Å². The summed E-state index contributed by atoms with van der Waals surface area (Å²) in [6.07, 6.45) is 0. The van der Waals surface area contributed by atoms with Gasteiger partial charge in [-0.05, 0) is 64.1 Å². The fourth-order valence-electron chi connectivity index (χ4n) is 3.85. The highest BCUT2D eigenvalue weighted by atomic mass is 35.5. The van der Waals surface area contributed by atoms with Crippen LogP contribution < -0.4 is 9.62 Å². The van der Waals surface area contributed by atoms with Crippen LogP contribution >= 0.6 is 23.2 Å². The first-order valence-electron chi connectivity index (χ1n) is 12.2. The number of aryl methyl sites for hydroxylation is 1. The van der Waals surface area contributed by atoms with Crippen LogP contribution in [0.2, 0.25) is 10.0 Å². The van der Waals surface area contributed by atoms with Gasteiger partial charge >= 0.3 is 0 Å². The first-order valence-corrected chi connectivity index (χ1v) is 14.4. The third-order valence-corrected chi connectivity index (χ3v) is 8.14. The summed E-state index contributed by atoms with van der Waals surface area (Å²) in [6.45, 7) is 5.91. The fraction of sp³-hybridized carbons (Fsp3) is 0.286. The Morgan fingerprint density at radius 3 is 2.10 bits per heavy atom. The Morgan fingerprint density at radius 2 is 1.54 bits per heavy atom. The van der Waals surface area contributed by atoms with Crippen molar-refractivity contribution in [2.75, 3.05) is 10.8 Å². The summed E-state index contributed by atoms with van der Waals surface area (Å²) in [7, 11) is -4.29. The van der Waals surface area contributed by atoms with Crippen molar-refractivity contribution in [3.8, 4) is 0 Å². The number of benzene rings is 3. The van der Waals surface area contributed by atoms with Crippen molar-refractivity contribution in [1.82, 2.24) is 10.2 Å². The maximum Gasteiger partial charge on any atom is 0.264 e. The summed E-state index contributed by atoms with van der Waals surface area (Å²) >= 11 is 12.4. The zero-order valence-corrected chi connectivity index (χ0v) is 24.3. The average Bonchev–Trinajstić information content (AvgIpc) is 2.85. The van der Waals surface area contributed by atoms with E-state index in [2.05, 4.69) is 5.32 Å². The second kappa shape index (κ2) is 12.8. The second-order valence-corrected chi connectivity index (χ2v) is 12.1. The summed E-state index contributed by atoms with van der Waals surface area (Å²) in [6, 6.07) is 15.0. The van der Waals surface area contributed by atoms with Crippen LogP contribution in [0.5, 0.6) is 0 Å². The van der Waals surface area contributed by atoms with E-state index in [9.17, 15) is 22.4 Å². The lowest BCUT2D eigenvalue weighted by Gasteiger charge is -2.32. The quantitative estimate of drug-likeness (QED) is 0.332. The summed E-state index contributed by atoms with van der Waals surface area (Å²) in [5, 5.41) is 3.08. The van der Waals surface area contributed by atoms with E-state index in [4.69, 9.17) is 23.2 Å². The molecule has 0 saturated heterocycles. The molecule has 0 fully saturated rings. The van der Waals surface area contributed by atoms with Crippen molar-refractivity contribution in [3.05, 3.63) is 93.7 Å². The Labute approximate surface area is 238 Å². The highest BCUT2D eigenvalue weighted by molar-refractivity contribution is 7.92. The van der Waals surface area contributed by atoms with Gasteiger partial charge < -0.3 is 10.2 Å². The van der Waals surface area contributed by atoms with Crippen LogP contribution in [0.25, 0.3) is 0 Å². The van der Waals surface area contributed by atoms with Gasteiger partial charge in [0.05, 0.1) is 10.6 Å². The lowest BCUT2D eigenvalue weighted by Crippen LogP contribution is -2.52. The fourth-order valence-corrected chi connectivity index (χ4v) is 5.76. The van der Waals surface area contributed by atoms with Gasteiger partial charge in [0.1, 0.15) is 18.4 Å². The third kappa shape index (κ3) is 7.71. The van der Waals surface area contributed by atoms with E-state index in [1.165, 1.54) is 55.5 Å². The minimum Gasteiger partial charge on any atom is -0.352 e. The molecule has 0 spiro atoms. The van der Waals surface area contributed by atoms with Crippen molar-refractivity contribution in [3.63, 3.8) is 0 Å². The zero-order chi connectivity index (χ0) is 28.9. The average molecular weight is 595 g/mol. The van der Waals surface area contributed by atoms with E-state index >= 15 is 0 Å². The Balaban J connectivity index is 2.08. The highest BCUT2D eigenvalue weighted by Crippen LogP contribution is 2.30. The lowest BCUT2D eigenvalue weighted by molar-refractivity contribution is -0.139. The van der Waals surface area contributed by atoms with Crippen LogP contribution in [-0.2, 0) is 26.2 Å². The molecule has 3 aromatic rings. The van der Waals surface area contributed by atoms with E-state index < -0.39 is 40.2 Å². The molecule has 2 amide bonds. The van der Waals surface area contributed by atoms with E-state index in [1.54, 1.807) is 32.0 Å². The minimum absolute atomic E-state index is 0.0525. The number of sulfonamides is 1. The Bertz CT molecular complexity index is 1430. The van der Waals surface area contributed by atoms with Crippen LogP contribution in [0.15, 0.2) is 71.6 Å². The summed E-state index contributed by atoms with van der Waals surface area (Å²) in [5.41, 5.74) is 1.09. The molecule has 0 aliphatic heterocycles. The first kappa shape index (κ1) is 30.4. The number of hydrogen-bond donors (Lipinski definition) is 1. The molecule has 0 aromatic heterocycles. The Hall–Kier alpha value is -3.14. The number of amides is 2. The van der Waals surface area contributed by atoms with Crippen LogP contribution in [0.3, 0.4) is 0 Å². The molecule has 0 aliphatic rings. The minimum atomic E-state index is -4.29. The first-order chi connectivity index (χ1) is 18.3. The van der Waals surface area contributed by atoms with Crippen LogP contribution in [0.1, 0.15) is 31.9 Å². The molecule has 0 saturated carbocycles. The molecule has 3 aromatic carbocycles. The number of hydrogen-bond acceptors (Lipinski definition) is 4. The molecule has 0 radical (unpaired) electrons. The summed E-state index contributed by atoms with van der Waals surface area (Å²) < 4.78 is 43.1. The van der Waals surface area contributed by atoms with Gasteiger partial charge in [-0.15, -0.1) is 0 Å². The van der Waals surface area contributed by atoms with Crippen molar-refractivity contribution in [2.45, 2.75) is 51.2 Å². The van der Waals surface area contributed by atoms with Gasteiger partial charge in [0, 0.05) is 28.2 Å². The number of halogens is 3. The van der Waals surface area contributed by atoms with Crippen molar-refractivity contribution >= 4 is 50.7 Å². The standard InChI is InChI=1S/C28H30Cl2FN3O4S/c1-18(2)32-28(36)20(4)33(16-21-7-5-6-8-26(21)31)27(35)17-34(24-14-22(29)13-23(30)15-24)39(37,38)25-11-9-19(3)10-12-25/h5-15,18,20H,16-17H2,1-4H3,(H,32,36)/t20-/m0/s1. The van der Waals surface area contributed by atoms with Crippen LogP contribution in [-0.4, -0.2) is 43.8 Å². The van der Waals surface area contributed by atoms with Gasteiger partial charge in [0.2, 0.25) is 11.8 Å². The summed E-state index contributed by atoms with van der Waals surface area (Å²) in [4.78, 5) is 27.8. The monoisotopic (exact) mass is 593 g/mol. The smallest absolute Gasteiger partial charge is 0.264 e. The van der Waals surface area contributed by atoms with Crippen molar-refractivity contribution in [1.29, 1.82) is 0 Å². The largest absolute Gasteiger partial charge is 0.352 e. The topological polar surface area (TPSA) is 86.8 Å². The molecule has 0 bridgehead atoms. The van der Waals surface area contributed by atoms with E-state index in [-0.39, 0.29) is 38.8 Å². The molecule has 3 rings (SSSR count). The Morgan fingerprint density at radius 1 is 0.949 bits per heavy atom. The molecule has 1 atom stereocenters. The van der Waals surface area contributed by atoms with Gasteiger partial charge in [0.25, 0.3) is 10.0 Å². The molecule has 208 valence electrons. The van der Waals surface area contributed by atoms with Gasteiger partial charge in [-0.25, -0.2) is 12.8 Å². The molecule has 0 heterocycles. The SMILES string of the molecule is Cc1ccc(S(=O)(=O)N(CC(=O)N(Cc2ccccc2F)[C@@H](C)C(=O)NC(C)C)c2cc(Cl)cc(Cl)c2)cc1. The third-order valence-electron chi connectivity index (χ3n) is 5.92. The molecule has 7 nitrogen and oxygen atoms in total. The number of carbonyl (C=O) groups excluding carboxylic acids is 2. The number of nitrogens with one attached hydrogen (secondary N) is 1. The normalized spacial score (nSPS) is 12.2. The lowest BCUT2D eigenvalue weighted by atomic mass is 10.1. The van der Waals surface area contributed by atoms with Crippen molar-refractivity contribution < 1.29 is 22.4 Å². The molecule has 39 heavy (non-hydrogen) atoms. The maximum atomic E-state index is 14.6. The Kier molecular flexibility index (Phi) is 9.98. The van der Waals surface area contributed by atoms with E-state index in [0.29, 0.717) is 0 Å². The molecule has 11 heteroatoms. The zero-order valence-electron chi connectivity index (χ0n) is 22.0. The van der Waals surface area contributed by atoms with Crippen molar-refractivity contribution in [2.24, 2.45) is 0 Å². The summed E-state index contributed by atoms with van der Waals surface area (Å²) in [5.74, 6) is -1.75. The van der Waals surface area contributed by atoms with Gasteiger partial charge in [-0.1, -0.05) is 59.1 Å². The van der Waals surface area contributed by atoms with Gasteiger partial charge in [0.15, 0.2) is 0 Å². The maximum absolute atomic E-state index is 14.6. The molecule has 1 N–H and O–H groups in total. The van der Waals surface area contributed by atoms with Gasteiger partial charge in [-0.3, -0.25) is 13.9 Å². The predicted octanol–water partition coefficient (Wildman–Crippen LogP) is 5.58. The van der Waals surface area contributed by atoms with Crippen LogP contribution in [0, 0.1) is 12.7 Å². The second-order valence-electron chi connectivity index (χ2n) is 9.40. The predicted molar refractivity (Wildman–Crippen MR) is 152 cm³/mol. The number of nitrogens with zero attached hydrogens (tertiary/aromatic N) is 2. The number of rotatable bonds is 10. The number of anilines is 1. The van der Waals surface area contributed by atoms with Gasteiger partial charge in [-0.2, -0.15) is 0 Å². The molecular weight excluding hydrogens is 564 g/mol. The molecular formula is C28H30Cl2FN3O4S. The van der Waals surface area contributed by atoms with E-state index in [1.807, 2.05) is 6.92 Å². The highest BCUT2D eigenvalue weighted by Gasteiger charge is 2.33. The number of carbonyl (C=O) groups is 2. The molecule has 0 unspecified atom stereocenters. The van der Waals surface area contributed by atoms with Crippen LogP contribution in [0.4, 0.5) is 10.1 Å². The molecule has 0 aliphatic carbocycles.